The highest BCUT2D eigenvalue weighted by molar-refractivity contribution is 9.10. The number of carbonyl (C=O) groups excluding carboxylic acids is 1. The fourth-order valence-corrected chi connectivity index (χ4v) is 3.65. The molecule has 0 radical (unpaired) electrons. The smallest absolute Gasteiger partial charge is 0.265 e. The normalized spacial score (nSPS) is 14.2. The molecule has 0 saturated heterocycles. The molecule has 1 atom stereocenters. The summed E-state index contributed by atoms with van der Waals surface area (Å²) >= 11 is 3.38. The Morgan fingerprint density at radius 3 is 2.64 bits per heavy atom. The van der Waals surface area contributed by atoms with Crippen LogP contribution in [0.25, 0.3) is 11.4 Å². The molecule has 1 unspecified atom stereocenters. The number of carbonyl (C=O) groups is 1. The summed E-state index contributed by atoms with van der Waals surface area (Å²) in [5, 5.41) is 2.91. The molecule has 0 spiro atoms. The Kier molecular flexibility index (Phi) is 5.48. The van der Waals surface area contributed by atoms with Gasteiger partial charge in [-0.3, -0.25) is 4.79 Å². The number of nitrogens with one attached hydrogen (secondary N) is 1. The van der Waals surface area contributed by atoms with E-state index in [0.29, 0.717) is 5.75 Å². The standard InChI is InChI=1S/C22H22BrN3O2/c1-15(28-20-11-7-17(23)8-12-20)22(27)25-18-9-5-16(6-10-18)21-24-14-19-4-2-3-13-26(19)21/h5-12,14-15H,2-4,13H2,1H3,(H,25,27). The van der Waals surface area contributed by atoms with Crippen LogP contribution < -0.4 is 10.1 Å². The van der Waals surface area contributed by atoms with Crippen LogP contribution in [0.3, 0.4) is 0 Å². The topological polar surface area (TPSA) is 56.1 Å². The van der Waals surface area contributed by atoms with Crippen LogP contribution in [0.5, 0.6) is 5.75 Å². The lowest BCUT2D eigenvalue weighted by molar-refractivity contribution is -0.122. The van der Waals surface area contributed by atoms with E-state index in [1.54, 1.807) is 6.92 Å². The summed E-state index contributed by atoms with van der Waals surface area (Å²) in [6, 6.07) is 15.2. The van der Waals surface area contributed by atoms with Crippen molar-refractivity contribution in [2.45, 2.75) is 38.8 Å². The first-order chi connectivity index (χ1) is 13.6. The van der Waals surface area contributed by atoms with Crippen molar-refractivity contribution in [1.29, 1.82) is 0 Å². The van der Waals surface area contributed by atoms with Gasteiger partial charge in [-0.2, -0.15) is 0 Å². The summed E-state index contributed by atoms with van der Waals surface area (Å²) in [6.45, 7) is 2.76. The summed E-state index contributed by atoms with van der Waals surface area (Å²) in [5.41, 5.74) is 3.10. The van der Waals surface area contributed by atoms with Crippen LogP contribution in [-0.4, -0.2) is 21.6 Å². The van der Waals surface area contributed by atoms with Crippen molar-refractivity contribution in [2.75, 3.05) is 5.32 Å². The van der Waals surface area contributed by atoms with Gasteiger partial charge in [-0.25, -0.2) is 4.98 Å². The molecule has 2 aromatic carbocycles. The lowest BCUT2D eigenvalue weighted by atomic mass is 10.1. The third kappa shape index (κ3) is 4.12. The van der Waals surface area contributed by atoms with Gasteiger partial charge in [0.1, 0.15) is 11.6 Å². The zero-order valence-electron chi connectivity index (χ0n) is 15.7. The van der Waals surface area contributed by atoms with Crippen molar-refractivity contribution in [3.05, 3.63) is 64.9 Å². The lowest BCUT2D eigenvalue weighted by Gasteiger charge is -2.17. The number of imidazole rings is 1. The third-order valence-corrected chi connectivity index (χ3v) is 5.44. The first-order valence-electron chi connectivity index (χ1n) is 9.48. The maximum Gasteiger partial charge on any atom is 0.265 e. The SMILES string of the molecule is CC(Oc1ccc(Br)cc1)C(=O)Nc1ccc(-c2ncc3n2CCCC3)cc1. The molecular weight excluding hydrogens is 418 g/mol. The van der Waals surface area contributed by atoms with E-state index in [9.17, 15) is 4.79 Å². The van der Waals surface area contributed by atoms with Gasteiger partial charge in [0.15, 0.2) is 6.10 Å². The molecule has 2 heterocycles. The number of aryl methyl sites for hydroxylation is 1. The van der Waals surface area contributed by atoms with Gasteiger partial charge in [-0.1, -0.05) is 15.9 Å². The molecule has 0 fully saturated rings. The van der Waals surface area contributed by atoms with Gasteiger partial charge in [0.05, 0.1) is 0 Å². The molecule has 1 N–H and O–H groups in total. The number of aromatic nitrogens is 2. The summed E-state index contributed by atoms with van der Waals surface area (Å²) in [5.74, 6) is 1.47. The number of halogens is 1. The van der Waals surface area contributed by atoms with Gasteiger partial charge in [0, 0.05) is 34.2 Å². The monoisotopic (exact) mass is 439 g/mol. The average Bonchev–Trinajstić information content (AvgIpc) is 3.14. The van der Waals surface area contributed by atoms with E-state index in [1.165, 1.54) is 18.5 Å². The first kappa shape index (κ1) is 18.7. The zero-order valence-corrected chi connectivity index (χ0v) is 17.3. The maximum atomic E-state index is 12.4. The van der Waals surface area contributed by atoms with Crippen LogP contribution in [0, 0.1) is 0 Å². The Morgan fingerprint density at radius 2 is 1.89 bits per heavy atom. The quantitative estimate of drug-likeness (QED) is 0.604. The number of anilines is 1. The molecule has 1 aliphatic rings. The van der Waals surface area contributed by atoms with E-state index in [0.717, 1.165) is 34.5 Å². The van der Waals surface area contributed by atoms with E-state index in [2.05, 4.69) is 30.8 Å². The first-order valence-corrected chi connectivity index (χ1v) is 10.3. The highest BCUT2D eigenvalue weighted by atomic mass is 79.9. The molecule has 0 saturated carbocycles. The van der Waals surface area contributed by atoms with Gasteiger partial charge in [-0.15, -0.1) is 0 Å². The molecule has 1 amide bonds. The molecule has 0 bridgehead atoms. The molecule has 1 aliphatic heterocycles. The maximum absolute atomic E-state index is 12.4. The van der Waals surface area contributed by atoms with E-state index >= 15 is 0 Å². The second kappa shape index (κ2) is 8.19. The number of hydrogen-bond acceptors (Lipinski definition) is 3. The van der Waals surface area contributed by atoms with E-state index in [-0.39, 0.29) is 5.91 Å². The van der Waals surface area contributed by atoms with Gasteiger partial charge >= 0.3 is 0 Å². The fraction of sp³-hybridized carbons (Fsp3) is 0.273. The summed E-state index contributed by atoms with van der Waals surface area (Å²) in [7, 11) is 0. The minimum atomic E-state index is -0.597. The average molecular weight is 440 g/mol. The van der Waals surface area contributed by atoms with Crippen molar-refractivity contribution >= 4 is 27.5 Å². The van der Waals surface area contributed by atoms with Crippen molar-refractivity contribution < 1.29 is 9.53 Å². The number of fused-ring (bicyclic) bond motifs is 1. The van der Waals surface area contributed by atoms with Gasteiger partial charge in [0.25, 0.3) is 5.91 Å². The fourth-order valence-electron chi connectivity index (χ4n) is 3.38. The predicted molar refractivity (Wildman–Crippen MR) is 113 cm³/mol. The Bertz CT molecular complexity index is 964. The molecule has 0 aliphatic carbocycles. The van der Waals surface area contributed by atoms with Crippen LogP contribution in [0.15, 0.2) is 59.2 Å². The largest absolute Gasteiger partial charge is 0.481 e. The number of benzene rings is 2. The van der Waals surface area contributed by atoms with E-state index < -0.39 is 6.10 Å². The van der Waals surface area contributed by atoms with Crippen molar-refractivity contribution in [3.63, 3.8) is 0 Å². The number of rotatable bonds is 5. The van der Waals surface area contributed by atoms with Crippen LogP contribution in [0.4, 0.5) is 5.69 Å². The lowest BCUT2D eigenvalue weighted by Crippen LogP contribution is -2.30. The Hall–Kier alpha value is -2.60. The molecule has 3 aromatic rings. The second-order valence-electron chi connectivity index (χ2n) is 6.96. The van der Waals surface area contributed by atoms with Crippen LogP contribution in [0.1, 0.15) is 25.5 Å². The predicted octanol–water partition coefficient (Wildman–Crippen LogP) is 5.05. The molecule has 6 heteroatoms. The molecule has 144 valence electrons. The molecule has 5 nitrogen and oxygen atoms in total. The Labute approximate surface area is 172 Å². The summed E-state index contributed by atoms with van der Waals surface area (Å²) in [6.07, 6.45) is 4.90. The highest BCUT2D eigenvalue weighted by Crippen LogP contribution is 2.25. The van der Waals surface area contributed by atoms with E-state index in [4.69, 9.17) is 4.74 Å². The van der Waals surface area contributed by atoms with Crippen LogP contribution in [-0.2, 0) is 17.8 Å². The third-order valence-electron chi connectivity index (χ3n) is 4.91. The minimum Gasteiger partial charge on any atom is -0.481 e. The molecule has 28 heavy (non-hydrogen) atoms. The van der Waals surface area contributed by atoms with Crippen LogP contribution in [0.2, 0.25) is 0 Å². The Balaban J connectivity index is 1.40. The molecule has 4 rings (SSSR count). The van der Waals surface area contributed by atoms with E-state index in [1.807, 2.05) is 54.7 Å². The zero-order chi connectivity index (χ0) is 19.5. The number of hydrogen-bond donors (Lipinski definition) is 1. The Morgan fingerprint density at radius 1 is 1.14 bits per heavy atom. The van der Waals surface area contributed by atoms with Gasteiger partial charge < -0.3 is 14.6 Å². The van der Waals surface area contributed by atoms with Crippen molar-refractivity contribution in [2.24, 2.45) is 0 Å². The van der Waals surface area contributed by atoms with Gasteiger partial charge in [-0.05, 0) is 74.7 Å². The highest BCUT2D eigenvalue weighted by Gasteiger charge is 2.17. The van der Waals surface area contributed by atoms with Crippen molar-refractivity contribution in [1.82, 2.24) is 9.55 Å². The number of amides is 1. The second-order valence-corrected chi connectivity index (χ2v) is 7.88. The summed E-state index contributed by atoms with van der Waals surface area (Å²) in [4.78, 5) is 17.0. The number of nitrogens with zero attached hydrogens (tertiary/aromatic N) is 2. The molecular formula is C22H22BrN3O2. The molecule has 1 aromatic heterocycles. The van der Waals surface area contributed by atoms with Gasteiger partial charge in [0.2, 0.25) is 0 Å². The minimum absolute atomic E-state index is 0.186. The van der Waals surface area contributed by atoms with Crippen molar-refractivity contribution in [3.8, 4) is 17.1 Å². The summed E-state index contributed by atoms with van der Waals surface area (Å²) < 4.78 is 8.97. The number of ether oxygens (including phenoxy) is 1. The van der Waals surface area contributed by atoms with Crippen LogP contribution >= 0.6 is 15.9 Å².